The lowest BCUT2D eigenvalue weighted by Crippen LogP contribution is -2.57. The summed E-state index contributed by atoms with van der Waals surface area (Å²) in [6.45, 7) is 1.89. The minimum atomic E-state index is -1.61. The molecule has 1 atom stereocenters. The standard InChI is InChI=1S/C32H29N5O4/c1-2-35(24-16-8-4-9-17-24)28(38)22-36-26-20-12-13-21-27(26)37(25-18-10-5-11-19-25)31(40)29(30(36)39)34-32(41)33-23-14-6-3-7-15-23/h3-21,29H,2,22H2,1H3,(H2,33,34,41). The molecule has 1 aliphatic rings. The highest BCUT2D eigenvalue weighted by Crippen LogP contribution is 2.38. The number of anilines is 5. The highest BCUT2D eigenvalue weighted by molar-refractivity contribution is 6.25. The molecule has 0 radical (unpaired) electrons. The summed E-state index contributed by atoms with van der Waals surface area (Å²) in [5, 5.41) is 5.23. The van der Waals surface area contributed by atoms with Crippen molar-refractivity contribution in [3.05, 3.63) is 115 Å². The number of hydrogen-bond acceptors (Lipinski definition) is 4. The van der Waals surface area contributed by atoms with Crippen LogP contribution in [-0.4, -0.2) is 42.9 Å². The number of nitrogens with one attached hydrogen (secondary N) is 2. The Morgan fingerprint density at radius 1 is 0.732 bits per heavy atom. The molecule has 1 unspecified atom stereocenters. The third-order valence-corrected chi connectivity index (χ3v) is 6.69. The average Bonchev–Trinajstić information content (AvgIpc) is 3.08. The van der Waals surface area contributed by atoms with E-state index >= 15 is 0 Å². The van der Waals surface area contributed by atoms with Gasteiger partial charge in [-0.15, -0.1) is 0 Å². The van der Waals surface area contributed by atoms with E-state index in [2.05, 4.69) is 10.6 Å². The summed E-state index contributed by atoms with van der Waals surface area (Å²) in [6.07, 6.45) is 0. The highest BCUT2D eigenvalue weighted by atomic mass is 16.2. The van der Waals surface area contributed by atoms with Gasteiger partial charge in [-0.3, -0.25) is 24.2 Å². The van der Waals surface area contributed by atoms with Crippen LogP contribution in [0.1, 0.15) is 6.92 Å². The summed E-state index contributed by atoms with van der Waals surface area (Å²) in [6, 6.07) is 31.3. The lowest BCUT2D eigenvalue weighted by atomic mass is 10.2. The van der Waals surface area contributed by atoms with E-state index in [1.807, 2.05) is 43.3 Å². The van der Waals surface area contributed by atoms with E-state index in [4.69, 9.17) is 0 Å². The monoisotopic (exact) mass is 547 g/mol. The Kier molecular flexibility index (Phi) is 8.05. The van der Waals surface area contributed by atoms with Crippen molar-refractivity contribution in [1.82, 2.24) is 5.32 Å². The highest BCUT2D eigenvalue weighted by Gasteiger charge is 2.42. The SMILES string of the molecule is CCN(C(=O)CN1C(=O)C(NC(=O)Nc2ccccc2)C(=O)N(c2ccccc2)c2ccccc21)c1ccccc1. The fourth-order valence-corrected chi connectivity index (χ4v) is 4.79. The van der Waals surface area contributed by atoms with E-state index in [1.54, 1.807) is 83.8 Å². The van der Waals surface area contributed by atoms with Crippen molar-refractivity contribution in [2.45, 2.75) is 13.0 Å². The second-order valence-electron chi connectivity index (χ2n) is 9.29. The van der Waals surface area contributed by atoms with E-state index in [9.17, 15) is 19.2 Å². The number of para-hydroxylation sites is 5. The van der Waals surface area contributed by atoms with Crippen molar-refractivity contribution in [2.75, 3.05) is 33.1 Å². The number of fused-ring (bicyclic) bond motifs is 1. The average molecular weight is 548 g/mol. The van der Waals surface area contributed by atoms with Crippen LogP contribution in [0.15, 0.2) is 115 Å². The molecule has 4 aromatic rings. The Balaban J connectivity index is 1.55. The molecule has 0 saturated carbocycles. The van der Waals surface area contributed by atoms with Crippen molar-refractivity contribution in [1.29, 1.82) is 0 Å². The van der Waals surface area contributed by atoms with Gasteiger partial charge in [0.25, 0.3) is 11.8 Å². The minimum absolute atomic E-state index is 0.338. The molecule has 5 rings (SSSR count). The molecule has 2 N–H and O–H groups in total. The second kappa shape index (κ2) is 12.2. The molecule has 1 heterocycles. The number of benzene rings is 4. The van der Waals surface area contributed by atoms with Gasteiger partial charge in [-0.1, -0.05) is 66.7 Å². The Morgan fingerprint density at radius 2 is 1.29 bits per heavy atom. The predicted octanol–water partition coefficient (Wildman–Crippen LogP) is 4.94. The van der Waals surface area contributed by atoms with Gasteiger partial charge in [0, 0.05) is 23.6 Å². The summed E-state index contributed by atoms with van der Waals surface area (Å²) in [7, 11) is 0. The van der Waals surface area contributed by atoms with Crippen LogP contribution in [0, 0.1) is 0 Å². The number of carbonyl (C=O) groups excluding carboxylic acids is 4. The number of nitrogens with zero attached hydrogens (tertiary/aromatic N) is 3. The molecule has 4 aromatic carbocycles. The smallest absolute Gasteiger partial charge is 0.318 e. The molecular formula is C32H29N5O4. The van der Waals surface area contributed by atoms with Crippen molar-refractivity contribution < 1.29 is 19.2 Å². The second-order valence-corrected chi connectivity index (χ2v) is 9.29. The van der Waals surface area contributed by atoms with E-state index < -0.39 is 23.9 Å². The molecule has 0 saturated heterocycles. The van der Waals surface area contributed by atoms with Gasteiger partial charge >= 0.3 is 6.03 Å². The molecule has 206 valence electrons. The molecular weight excluding hydrogens is 518 g/mol. The van der Waals surface area contributed by atoms with E-state index in [1.165, 1.54) is 9.80 Å². The number of urea groups is 1. The minimum Gasteiger partial charge on any atom is -0.318 e. The molecule has 5 amide bonds. The van der Waals surface area contributed by atoms with Crippen LogP contribution in [0.2, 0.25) is 0 Å². The first-order chi connectivity index (χ1) is 20.0. The summed E-state index contributed by atoms with van der Waals surface area (Å²) >= 11 is 0. The number of rotatable bonds is 7. The Bertz CT molecular complexity index is 1550. The molecule has 0 aliphatic carbocycles. The van der Waals surface area contributed by atoms with Gasteiger partial charge in [-0.05, 0) is 55.5 Å². The molecule has 9 nitrogen and oxygen atoms in total. The fraction of sp³-hybridized carbons (Fsp3) is 0.125. The van der Waals surface area contributed by atoms with Crippen LogP contribution in [0.5, 0.6) is 0 Å². The van der Waals surface area contributed by atoms with E-state index in [-0.39, 0.29) is 12.5 Å². The van der Waals surface area contributed by atoms with Crippen LogP contribution < -0.4 is 25.3 Å². The quantitative estimate of drug-likeness (QED) is 0.320. The lowest BCUT2D eigenvalue weighted by Gasteiger charge is -2.28. The Hall–Kier alpha value is -5.44. The third-order valence-electron chi connectivity index (χ3n) is 6.69. The zero-order valence-electron chi connectivity index (χ0n) is 22.4. The van der Waals surface area contributed by atoms with Gasteiger partial charge in [0.05, 0.1) is 11.4 Å². The van der Waals surface area contributed by atoms with Gasteiger partial charge in [0.1, 0.15) is 6.54 Å². The summed E-state index contributed by atoms with van der Waals surface area (Å²) in [5.74, 6) is -1.71. The van der Waals surface area contributed by atoms with Crippen molar-refractivity contribution in [3.8, 4) is 0 Å². The Morgan fingerprint density at radius 3 is 1.93 bits per heavy atom. The first-order valence-electron chi connectivity index (χ1n) is 13.3. The molecule has 0 fully saturated rings. The zero-order valence-corrected chi connectivity index (χ0v) is 22.4. The van der Waals surface area contributed by atoms with Crippen LogP contribution in [0.4, 0.5) is 33.2 Å². The van der Waals surface area contributed by atoms with Crippen LogP contribution in [-0.2, 0) is 14.4 Å². The number of likely N-dealkylation sites (N-methyl/N-ethyl adjacent to an activating group) is 1. The van der Waals surface area contributed by atoms with Crippen molar-refractivity contribution in [3.63, 3.8) is 0 Å². The summed E-state index contributed by atoms with van der Waals surface area (Å²) in [5.41, 5.74) is 2.49. The van der Waals surface area contributed by atoms with Gasteiger partial charge in [0.2, 0.25) is 5.91 Å². The van der Waals surface area contributed by atoms with Gasteiger partial charge in [0.15, 0.2) is 6.04 Å². The van der Waals surface area contributed by atoms with Crippen LogP contribution in [0.25, 0.3) is 0 Å². The third kappa shape index (κ3) is 5.79. The summed E-state index contributed by atoms with van der Waals surface area (Å²) in [4.78, 5) is 59.1. The maximum absolute atomic E-state index is 14.1. The number of carbonyl (C=O) groups is 4. The fourth-order valence-electron chi connectivity index (χ4n) is 4.79. The first-order valence-corrected chi connectivity index (χ1v) is 13.3. The molecule has 9 heteroatoms. The van der Waals surface area contributed by atoms with Crippen molar-refractivity contribution >= 4 is 52.2 Å². The van der Waals surface area contributed by atoms with Gasteiger partial charge in [-0.25, -0.2) is 4.79 Å². The van der Waals surface area contributed by atoms with Crippen LogP contribution in [0.3, 0.4) is 0 Å². The molecule has 0 spiro atoms. The van der Waals surface area contributed by atoms with Crippen molar-refractivity contribution in [2.24, 2.45) is 0 Å². The number of hydrogen-bond donors (Lipinski definition) is 2. The maximum Gasteiger partial charge on any atom is 0.320 e. The maximum atomic E-state index is 14.1. The molecule has 41 heavy (non-hydrogen) atoms. The van der Waals surface area contributed by atoms with E-state index in [0.717, 1.165) is 0 Å². The van der Waals surface area contributed by atoms with Gasteiger partial charge < -0.3 is 15.5 Å². The lowest BCUT2D eigenvalue weighted by molar-refractivity contribution is -0.129. The predicted molar refractivity (Wildman–Crippen MR) is 159 cm³/mol. The molecule has 1 aliphatic heterocycles. The van der Waals surface area contributed by atoms with Gasteiger partial charge in [-0.2, -0.15) is 0 Å². The molecule has 0 aromatic heterocycles. The van der Waals surface area contributed by atoms with Crippen LogP contribution >= 0.6 is 0 Å². The number of amides is 5. The first kappa shape index (κ1) is 27.1. The zero-order chi connectivity index (χ0) is 28.8. The topological polar surface area (TPSA) is 102 Å². The normalized spacial score (nSPS) is 14.6. The molecule has 0 bridgehead atoms. The summed E-state index contributed by atoms with van der Waals surface area (Å²) < 4.78 is 0. The van der Waals surface area contributed by atoms with E-state index in [0.29, 0.717) is 35.0 Å². The largest absolute Gasteiger partial charge is 0.320 e. The Labute approximate surface area is 238 Å².